The molecule has 7 nitrogen and oxygen atoms in total. The zero-order valence-electron chi connectivity index (χ0n) is 17.5. The molecule has 2 aliphatic heterocycles. The fourth-order valence-electron chi connectivity index (χ4n) is 3.66. The summed E-state index contributed by atoms with van der Waals surface area (Å²) in [6, 6.07) is 0.296. The fourth-order valence-corrected chi connectivity index (χ4v) is 3.66. The molecule has 2 heterocycles. The summed E-state index contributed by atoms with van der Waals surface area (Å²) in [6.45, 7) is 12.4. The van der Waals surface area contributed by atoms with Gasteiger partial charge in [-0.05, 0) is 45.9 Å². The lowest BCUT2D eigenvalue weighted by Gasteiger charge is -2.22. The van der Waals surface area contributed by atoms with E-state index in [1.165, 1.54) is 32.6 Å². The second-order valence-electron chi connectivity index (χ2n) is 7.92. The summed E-state index contributed by atoms with van der Waals surface area (Å²) in [6.07, 6.45) is 3.37. The van der Waals surface area contributed by atoms with Gasteiger partial charge in [0, 0.05) is 51.7 Å². The smallest absolute Gasteiger partial charge is 0.225 e. The second-order valence-corrected chi connectivity index (χ2v) is 7.92. The van der Waals surface area contributed by atoms with E-state index in [1.807, 2.05) is 25.8 Å². The van der Waals surface area contributed by atoms with Gasteiger partial charge in [-0.25, -0.2) is 0 Å². The van der Waals surface area contributed by atoms with Crippen LogP contribution in [0.2, 0.25) is 0 Å². The van der Waals surface area contributed by atoms with Crippen LogP contribution >= 0.6 is 24.0 Å². The fraction of sp³-hybridized carbons (Fsp3) is 0.895. The number of carbonyl (C=O) groups excluding carboxylic acids is 1. The maximum Gasteiger partial charge on any atom is 0.225 e. The van der Waals surface area contributed by atoms with Crippen molar-refractivity contribution in [1.82, 2.24) is 25.3 Å². The van der Waals surface area contributed by atoms with E-state index in [1.54, 1.807) is 0 Å². The van der Waals surface area contributed by atoms with Crippen LogP contribution in [0.4, 0.5) is 0 Å². The van der Waals surface area contributed by atoms with E-state index in [0.29, 0.717) is 6.04 Å². The number of likely N-dealkylation sites (N-methyl/N-ethyl adjacent to an activating group) is 1. The number of nitrogens with zero attached hydrogens (tertiary/aromatic N) is 4. The molecule has 1 amide bonds. The Morgan fingerprint density at radius 1 is 1.19 bits per heavy atom. The van der Waals surface area contributed by atoms with Gasteiger partial charge in [0.05, 0.1) is 0 Å². The van der Waals surface area contributed by atoms with Crippen LogP contribution in [-0.4, -0.2) is 99.1 Å². The Hall–Kier alpha value is -0.610. The van der Waals surface area contributed by atoms with Gasteiger partial charge in [0.25, 0.3) is 0 Å². The van der Waals surface area contributed by atoms with Gasteiger partial charge in [-0.1, -0.05) is 13.8 Å². The first-order valence-electron chi connectivity index (χ1n) is 10.2. The average molecular weight is 494 g/mol. The van der Waals surface area contributed by atoms with Crippen LogP contribution in [0.25, 0.3) is 0 Å². The molecule has 1 atom stereocenters. The summed E-state index contributed by atoms with van der Waals surface area (Å²) < 4.78 is 0. The molecule has 0 radical (unpaired) electrons. The third-order valence-electron chi connectivity index (χ3n) is 5.31. The highest BCUT2D eigenvalue weighted by Gasteiger charge is 2.27. The lowest BCUT2D eigenvalue weighted by atomic mass is 10.2. The predicted octanol–water partition coefficient (Wildman–Crippen LogP) is 1.05. The van der Waals surface area contributed by atoms with E-state index in [-0.39, 0.29) is 35.8 Å². The average Bonchev–Trinajstić information content (AvgIpc) is 2.99. The molecule has 0 aromatic rings. The molecule has 2 N–H and O–H groups in total. The number of rotatable bonds is 6. The van der Waals surface area contributed by atoms with Gasteiger partial charge in [-0.15, -0.1) is 24.0 Å². The number of carbonyl (C=O) groups is 1. The monoisotopic (exact) mass is 494 g/mol. The van der Waals surface area contributed by atoms with Gasteiger partial charge < -0.3 is 25.3 Å². The van der Waals surface area contributed by atoms with E-state index in [2.05, 4.69) is 32.5 Å². The van der Waals surface area contributed by atoms with E-state index >= 15 is 0 Å². The minimum atomic E-state index is 0. The number of hydrogen-bond donors (Lipinski definition) is 2. The molecule has 8 heteroatoms. The van der Waals surface area contributed by atoms with Crippen molar-refractivity contribution in [1.29, 1.82) is 0 Å². The molecule has 2 saturated heterocycles. The minimum Gasteiger partial charge on any atom is -0.356 e. The third kappa shape index (κ3) is 8.51. The Balaban J connectivity index is 0.00000364. The van der Waals surface area contributed by atoms with Crippen LogP contribution in [0.1, 0.15) is 33.1 Å². The standard InChI is InChI=1S/C19H38N6O.HI/c1-16(2)18(26)25-12-7-17(15-25)22-19(20-3)21-8-5-10-24-11-6-9-23(4)13-14-24;/h16-17H,5-15H2,1-4H3,(H2,20,21,22);1H. The number of likely N-dealkylation sites (tertiary alicyclic amines) is 1. The van der Waals surface area contributed by atoms with Crippen LogP contribution in [0, 0.1) is 5.92 Å². The van der Waals surface area contributed by atoms with E-state index < -0.39 is 0 Å². The first-order valence-corrected chi connectivity index (χ1v) is 10.2. The normalized spacial score (nSPS) is 22.5. The number of guanidine groups is 1. The number of amides is 1. The van der Waals surface area contributed by atoms with Crippen molar-refractivity contribution >= 4 is 35.8 Å². The van der Waals surface area contributed by atoms with Crippen LogP contribution in [0.5, 0.6) is 0 Å². The molecule has 0 aromatic carbocycles. The lowest BCUT2D eigenvalue weighted by molar-refractivity contribution is -0.133. The molecule has 2 aliphatic rings. The molecule has 2 fully saturated rings. The van der Waals surface area contributed by atoms with Gasteiger partial charge in [0.2, 0.25) is 5.91 Å². The molecule has 0 saturated carbocycles. The first kappa shape index (κ1) is 24.4. The zero-order valence-corrected chi connectivity index (χ0v) is 19.9. The molecule has 0 spiro atoms. The highest BCUT2D eigenvalue weighted by atomic mass is 127. The summed E-state index contributed by atoms with van der Waals surface area (Å²) in [5.74, 6) is 1.18. The first-order chi connectivity index (χ1) is 12.5. The van der Waals surface area contributed by atoms with Crippen molar-refractivity contribution in [2.45, 2.75) is 39.2 Å². The molecular formula is C19H39IN6O. The maximum atomic E-state index is 12.1. The van der Waals surface area contributed by atoms with Crippen LogP contribution < -0.4 is 10.6 Å². The summed E-state index contributed by atoms with van der Waals surface area (Å²) in [5, 5.41) is 6.89. The molecular weight excluding hydrogens is 455 g/mol. The molecule has 0 aromatic heterocycles. The molecule has 27 heavy (non-hydrogen) atoms. The van der Waals surface area contributed by atoms with Crippen LogP contribution in [0.15, 0.2) is 4.99 Å². The predicted molar refractivity (Wildman–Crippen MR) is 123 cm³/mol. The van der Waals surface area contributed by atoms with Crippen molar-refractivity contribution in [3.05, 3.63) is 0 Å². The van der Waals surface area contributed by atoms with Crippen LogP contribution in [-0.2, 0) is 4.79 Å². The van der Waals surface area contributed by atoms with Crippen molar-refractivity contribution in [3.63, 3.8) is 0 Å². The van der Waals surface area contributed by atoms with Gasteiger partial charge in [-0.3, -0.25) is 9.79 Å². The van der Waals surface area contributed by atoms with Crippen molar-refractivity contribution < 1.29 is 4.79 Å². The number of aliphatic imine (C=N–C) groups is 1. The Kier molecular flexibility index (Phi) is 11.6. The molecule has 0 bridgehead atoms. The second kappa shape index (κ2) is 12.8. The Morgan fingerprint density at radius 3 is 2.67 bits per heavy atom. The maximum absolute atomic E-state index is 12.1. The van der Waals surface area contributed by atoms with Crippen molar-refractivity contribution in [3.8, 4) is 0 Å². The summed E-state index contributed by atoms with van der Waals surface area (Å²) >= 11 is 0. The van der Waals surface area contributed by atoms with E-state index in [4.69, 9.17) is 0 Å². The number of nitrogens with one attached hydrogen (secondary N) is 2. The van der Waals surface area contributed by atoms with Gasteiger partial charge >= 0.3 is 0 Å². The van der Waals surface area contributed by atoms with Gasteiger partial charge in [-0.2, -0.15) is 0 Å². The highest BCUT2D eigenvalue weighted by molar-refractivity contribution is 14.0. The number of hydrogen-bond acceptors (Lipinski definition) is 4. The highest BCUT2D eigenvalue weighted by Crippen LogP contribution is 2.12. The lowest BCUT2D eigenvalue weighted by Crippen LogP contribution is -2.46. The summed E-state index contributed by atoms with van der Waals surface area (Å²) in [7, 11) is 4.02. The number of halogens is 1. The summed E-state index contributed by atoms with van der Waals surface area (Å²) in [5.41, 5.74) is 0. The van der Waals surface area contributed by atoms with Crippen LogP contribution in [0.3, 0.4) is 0 Å². The summed E-state index contributed by atoms with van der Waals surface area (Å²) in [4.78, 5) is 23.4. The van der Waals surface area contributed by atoms with Gasteiger partial charge in [0.15, 0.2) is 5.96 Å². The molecule has 158 valence electrons. The quantitative estimate of drug-likeness (QED) is 0.250. The van der Waals surface area contributed by atoms with E-state index in [9.17, 15) is 4.79 Å². The Morgan fingerprint density at radius 2 is 1.96 bits per heavy atom. The van der Waals surface area contributed by atoms with Crippen molar-refractivity contribution in [2.24, 2.45) is 10.9 Å². The Bertz CT molecular complexity index is 473. The topological polar surface area (TPSA) is 63.2 Å². The van der Waals surface area contributed by atoms with E-state index in [0.717, 1.165) is 45.0 Å². The molecule has 0 aliphatic carbocycles. The SMILES string of the molecule is CN=C(NCCCN1CCCN(C)CC1)NC1CCN(C(=O)C(C)C)C1.I. The van der Waals surface area contributed by atoms with Crippen molar-refractivity contribution in [2.75, 3.05) is 66.5 Å². The Labute approximate surface area is 182 Å². The molecule has 2 rings (SSSR count). The largest absolute Gasteiger partial charge is 0.356 e. The molecule has 1 unspecified atom stereocenters. The third-order valence-corrected chi connectivity index (χ3v) is 5.31. The minimum absolute atomic E-state index is 0. The zero-order chi connectivity index (χ0) is 18.9. The van der Waals surface area contributed by atoms with Gasteiger partial charge in [0.1, 0.15) is 0 Å².